The minimum Gasteiger partial charge on any atom is -0.463 e. The highest BCUT2D eigenvalue weighted by Gasteiger charge is 2.15. The van der Waals surface area contributed by atoms with Crippen molar-refractivity contribution in [2.24, 2.45) is 0 Å². The molecule has 0 aliphatic heterocycles. The van der Waals surface area contributed by atoms with Crippen LogP contribution < -0.4 is 0 Å². The van der Waals surface area contributed by atoms with E-state index in [1.807, 2.05) is 0 Å². The van der Waals surface area contributed by atoms with E-state index < -0.39 is 11.9 Å². The Morgan fingerprint density at radius 3 is 1.88 bits per heavy atom. The third-order valence-corrected chi connectivity index (χ3v) is 4.15. The normalized spacial score (nSPS) is 11.6. The first-order valence-corrected chi connectivity index (χ1v) is 9.77. The van der Waals surface area contributed by atoms with Gasteiger partial charge in [0.05, 0.1) is 12.2 Å². The Morgan fingerprint density at radius 2 is 1.40 bits per heavy atom. The van der Waals surface area contributed by atoms with Crippen LogP contribution in [0.25, 0.3) is 0 Å². The summed E-state index contributed by atoms with van der Waals surface area (Å²) in [7, 11) is 0. The predicted molar refractivity (Wildman–Crippen MR) is 102 cm³/mol. The van der Waals surface area contributed by atoms with Crippen LogP contribution in [0.4, 0.5) is 0 Å². The minimum absolute atomic E-state index is 0.303. The highest BCUT2D eigenvalue weighted by Crippen LogP contribution is 2.18. The van der Waals surface area contributed by atoms with E-state index in [0.29, 0.717) is 24.4 Å². The summed E-state index contributed by atoms with van der Waals surface area (Å²) in [6.45, 7) is 9.33. The Balaban J connectivity index is 4.15. The van der Waals surface area contributed by atoms with Gasteiger partial charge in [0.25, 0.3) is 0 Å². The fourth-order valence-electron chi connectivity index (χ4n) is 2.60. The zero-order valence-corrected chi connectivity index (χ0v) is 16.4. The average molecular weight is 353 g/mol. The van der Waals surface area contributed by atoms with E-state index in [9.17, 15) is 9.59 Å². The molecule has 0 N–H and O–H groups in total. The quantitative estimate of drug-likeness (QED) is 0.160. The number of unbranched alkanes of at least 4 members (excludes halogenated alkanes) is 9. The standard InChI is InChI=1S/C21H36O4/c1-5-8-9-10-11-12-13-14-15-16-17-19(25-20(22)6-2)18(4)21(23)24-7-3/h6H,2,5,7-17H2,1,3-4H3. The molecule has 0 rings (SSSR count). The van der Waals surface area contributed by atoms with E-state index in [4.69, 9.17) is 9.47 Å². The first kappa shape index (κ1) is 23.4. The van der Waals surface area contributed by atoms with Gasteiger partial charge in [-0.05, 0) is 20.3 Å². The molecule has 0 fully saturated rings. The number of esters is 2. The molecule has 0 unspecified atom stereocenters. The lowest BCUT2D eigenvalue weighted by Gasteiger charge is -2.11. The van der Waals surface area contributed by atoms with Gasteiger partial charge in [0.2, 0.25) is 0 Å². The maximum Gasteiger partial charge on any atom is 0.337 e. The van der Waals surface area contributed by atoms with Gasteiger partial charge in [0, 0.05) is 12.5 Å². The van der Waals surface area contributed by atoms with E-state index in [1.165, 1.54) is 51.4 Å². The van der Waals surface area contributed by atoms with E-state index in [0.717, 1.165) is 18.9 Å². The molecule has 0 saturated carbocycles. The van der Waals surface area contributed by atoms with Crippen LogP contribution in [-0.4, -0.2) is 18.5 Å². The highest BCUT2D eigenvalue weighted by molar-refractivity contribution is 5.89. The molecule has 0 heterocycles. The zero-order chi connectivity index (χ0) is 18.9. The molecule has 0 aliphatic rings. The molecule has 0 aromatic rings. The van der Waals surface area contributed by atoms with Gasteiger partial charge in [-0.15, -0.1) is 0 Å². The predicted octanol–water partition coefficient (Wildman–Crippen LogP) is 5.86. The largest absolute Gasteiger partial charge is 0.463 e. The van der Waals surface area contributed by atoms with Gasteiger partial charge in [0.15, 0.2) is 0 Å². The van der Waals surface area contributed by atoms with Crippen LogP contribution in [0.1, 0.15) is 91.4 Å². The second-order valence-corrected chi connectivity index (χ2v) is 6.33. The fraction of sp³-hybridized carbons (Fsp3) is 0.714. The van der Waals surface area contributed by atoms with Crippen molar-refractivity contribution in [1.29, 1.82) is 0 Å². The Kier molecular flexibility index (Phi) is 14.9. The third kappa shape index (κ3) is 12.4. The number of hydrogen-bond acceptors (Lipinski definition) is 4. The topological polar surface area (TPSA) is 52.6 Å². The van der Waals surface area contributed by atoms with E-state index >= 15 is 0 Å². The summed E-state index contributed by atoms with van der Waals surface area (Å²) in [6.07, 6.45) is 14.0. The van der Waals surface area contributed by atoms with Gasteiger partial charge in [-0.2, -0.15) is 0 Å². The number of allylic oxidation sites excluding steroid dienone is 1. The molecule has 144 valence electrons. The van der Waals surface area contributed by atoms with Gasteiger partial charge >= 0.3 is 11.9 Å². The van der Waals surface area contributed by atoms with E-state index in [1.54, 1.807) is 13.8 Å². The number of hydrogen-bond donors (Lipinski definition) is 0. The Morgan fingerprint density at radius 1 is 0.880 bits per heavy atom. The Bertz CT molecular complexity index is 424. The summed E-state index contributed by atoms with van der Waals surface area (Å²) in [5.41, 5.74) is 0.368. The molecule has 25 heavy (non-hydrogen) atoms. The summed E-state index contributed by atoms with van der Waals surface area (Å²) in [6, 6.07) is 0. The maximum atomic E-state index is 11.8. The smallest absolute Gasteiger partial charge is 0.337 e. The summed E-state index contributed by atoms with van der Waals surface area (Å²) in [5.74, 6) is -0.560. The molecule has 0 atom stereocenters. The van der Waals surface area contributed by atoms with Crippen molar-refractivity contribution >= 4 is 11.9 Å². The molecular weight excluding hydrogens is 316 g/mol. The number of ether oxygens (including phenoxy) is 2. The zero-order valence-electron chi connectivity index (χ0n) is 16.4. The first-order valence-electron chi connectivity index (χ1n) is 9.77. The highest BCUT2D eigenvalue weighted by atomic mass is 16.5. The number of carbonyl (C=O) groups is 2. The van der Waals surface area contributed by atoms with Gasteiger partial charge in [-0.3, -0.25) is 0 Å². The van der Waals surface area contributed by atoms with Crippen molar-refractivity contribution in [3.63, 3.8) is 0 Å². The number of carbonyl (C=O) groups excluding carboxylic acids is 2. The molecule has 0 spiro atoms. The molecule has 4 heteroatoms. The lowest BCUT2D eigenvalue weighted by Crippen LogP contribution is -2.11. The van der Waals surface area contributed by atoms with Crippen LogP contribution >= 0.6 is 0 Å². The van der Waals surface area contributed by atoms with E-state index in [2.05, 4.69) is 13.5 Å². The fourth-order valence-corrected chi connectivity index (χ4v) is 2.60. The second kappa shape index (κ2) is 15.9. The molecule has 0 amide bonds. The van der Waals surface area contributed by atoms with Crippen molar-refractivity contribution in [2.45, 2.75) is 91.4 Å². The van der Waals surface area contributed by atoms with Gasteiger partial charge in [-0.25, -0.2) is 9.59 Å². The van der Waals surface area contributed by atoms with Crippen LogP contribution in [0, 0.1) is 0 Å². The molecule has 0 radical (unpaired) electrons. The van der Waals surface area contributed by atoms with Gasteiger partial charge in [-0.1, -0.05) is 71.3 Å². The van der Waals surface area contributed by atoms with Crippen molar-refractivity contribution in [2.75, 3.05) is 6.61 Å². The number of rotatable bonds is 15. The van der Waals surface area contributed by atoms with Gasteiger partial charge in [0.1, 0.15) is 5.76 Å². The molecule has 0 aromatic heterocycles. The lowest BCUT2D eigenvalue weighted by molar-refractivity contribution is -0.139. The lowest BCUT2D eigenvalue weighted by atomic mass is 10.0. The summed E-state index contributed by atoms with van der Waals surface area (Å²) in [4.78, 5) is 23.3. The molecule has 0 saturated heterocycles. The van der Waals surface area contributed by atoms with Crippen LogP contribution in [0.5, 0.6) is 0 Å². The van der Waals surface area contributed by atoms with Crippen molar-refractivity contribution in [3.05, 3.63) is 24.0 Å². The monoisotopic (exact) mass is 352 g/mol. The summed E-state index contributed by atoms with van der Waals surface area (Å²) in [5, 5.41) is 0. The average Bonchev–Trinajstić information content (AvgIpc) is 2.61. The first-order chi connectivity index (χ1) is 12.1. The van der Waals surface area contributed by atoms with Crippen molar-refractivity contribution in [1.82, 2.24) is 0 Å². The van der Waals surface area contributed by atoms with Crippen LogP contribution in [0.15, 0.2) is 24.0 Å². The summed E-state index contributed by atoms with van der Waals surface area (Å²) >= 11 is 0. The molecule has 4 nitrogen and oxygen atoms in total. The second-order valence-electron chi connectivity index (χ2n) is 6.33. The van der Waals surface area contributed by atoms with E-state index in [-0.39, 0.29) is 0 Å². The molecule has 0 aromatic carbocycles. The van der Waals surface area contributed by atoms with Gasteiger partial charge < -0.3 is 9.47 Å². The molecule has 0 bridgehead atoms. The minimum atomic E-state index is -0.536. The van der Waals surface area contributed by atoms with Crippen LogP contribution in [0.3, 0.4) is 0 Å². The van der Waals surface area contributed by atoms with Crippen molar-refractivity contribution in [3.8, 4) is 0 Å². The third-order valence-electron chi connectivity index (χ3n) is 4.15. The molecular formula is C21H36O4. The van der Waals surface area contributed by atoms with Crippen LogP contribution in [-0.2, 0) is 19.1 Å². The Labute approximate surface area is 153 Å². The Hall–Kier alpha value is -1.58. The SMILES string of the molecule is C=CC(=O)OC(CCCCCCCCCCCC)=C(C)C(=O)OCC. The van der Waals surface area contributed by atoms with Crippen LogP contribution in [0.2, 0.25) is 0 Å². The maximum absolute atomic E-state index is 11.8. The summed E-state index contributed by atoms with van der Waals surface area (Å²) < 4.78 is 10.2. The van der Waals surface area contributed by atoms with Crippen molar-refractivity contribution < 1.29 is 19.1 Å². The molecule has 0 aliphatic carbocycles.